The first-order valence-electron chi connectivity index (χ1n) is 8.18. The third-order valence-corrected chi connectivity index (χ3v) is 5.76. The van der Waals surface area contributed by atoms with E-state index in [1.54, 1.807) is 6.92 Å². The molecule has 0 saturated heterocycles. The lowest BCUT2D eigenvalue weighted by atomic mass is 10.2. The van der Waals surface area contributed by atoms with Gasteiger partial charge in [-0.05, 0) is 31.3 Å². The maximum absolute atomic E-state index is 14.7. The van der Waals surface area contributed by atoms with Crippen molar-refractivity contribution in [3.63, 3.8) is 0 Å². The van der Waals surface area contributed by atoms with Crippen molar-refractivity contribution in [3.05, 3.63) is 59.8 Å². The first-order valence-corrected chi connectivity index (χ1v) is 9.85. The van der Waals surface area contributed by atoms with Crippen molar-refractivity contribution in [2.24, 2.45) is 14.1 Å². The molecule has 0 atom stereocenters. The number of nitrogens with zero attached hydrogens (tertiary/aromatic N) is 4. The van der Waals surface area contributed by atoms with E-state index in [1.165, 1.54) is 25.5 Å². The average molecular weight is 457 g/mol. The van der Waals surface area contributed by atoms with Crippen LogP contribution in [0.25, 0.3) is 16.3 Å². The predicted molar refractivity (Wildman–Crippen MR) is 109 cm³/mol. The number of carbonyl (C=O) groups excluding carboxylic acids is 1. The summed E-state index contributed by atoms with van der Waals surface area (Å²) in [4.78, 5) is 41.2. The minimum Gasteiger partial charge on any atom is -0.461 e. The molecule has 0 fully saturated rings. The maximum Gasteiger partial charge on any atom is 0.357 e. The fourth-order valence-corrected chi connectivity index (χ4v) is 3.82. The van der Waals surface area contributed by atoms with Gasteiger partial charge in [-0.2, -0.15) is 0 Å². The smallest absolute Gasteiger partial charge is 0.357 e. The third-order valence-electron chi connectivity index (χ3n) is 4.03. The van der Waals surface area contributed by atoms with Gasteiger partial charge in [0.25, 0.3) is 0 Å². The van der Waals surface area contributed by atoms with E-state index in [4.69, 9.17) is 28.6 Å². The largest absolute Gasteiger partial charge is 0.461 e. The highest BCUT2D eigenvalue weighted by atomic mass is 35.5. The van der Waals surface area contributed by atoms with Crippen molar-refractivity contribution in [1.82, 2.24) is 18.7 Å². The molecular weight excluding hydrogens is 443 g/mol. The first-order chi connectivity index (χ1) is 13.7. The second-order valence-corrected chi connectivity index (χ2v) is 7.47. The minimum atomic E-state index is -0.878. The van der Waals surface area contributed by atoms with Gasteiger partial charge >= 0.3 is 17.3 Å². The molecule has 0 spiro atoms. The number of aromatic nitrogens is 4. The third kappa shape index (κ3) is 3.68. The van der Waals surface area contributed by atoms with Crippen LogP contribution in [-0.2, 0) is 18.8 Å². The molecule has 0 saturated carbocycles. The zero-order chi connectivity index (χ0) is 21.5. The second kappa shape index (κ2) is 8.01. The molecule has 29 heavy (non-hydrogen) atoms. The van der Waals surface area contributed by atoms with E-state index in [1.807, 2.05) is 0 Å². The lowest BCUT2D eigenvalue weighted by molar-refractivity contribution is 0.0520. The van der Waals surface area contributed by atoms with Crippen LogP contribution in [0.1, 0.15) is 17.4 Å². The SMILES string of the molecule is CCOC(=O)c1csc(-c2cc(-n3c(=O)n(C)c(=S)n(C)c3=O)c(F)cc2Cl)n1. The number of esters is 1. The van der Waals surface area contributed by atoms with E-state index in [9.17, 15) is 18.8 Å². The summed E-state index contributed by atoms with van der Waals surface area (Å²) in [5.41, 5.74) is -1.60. The van der Waals surface area contributed by atoms with Crippen LogP contribution in [0.2, 0.25) is 5.02 Å². The Balaban J connectivity index is 2.24. The Bertz CT molecular complexity index is 1270. The van der Waals surface area contributed by atoms with Crippen LogP contribution in [0.4, 0.5) is 4.39 Å². The Hall–Kier alpha value is -2.63. The highest BCUT2D eigenvalue weighted by molar-refractivity contribution is 7.71. The van der Waals surface area contributed by atoms with E-state index in [0.717, 1.165) is 26.5 Å². The van der Waals surface area contributed by atoms with Crippen LogP contribution in [0.15, 0.2) is 27.1 Å². The summed E-state index contributed by atoms with van der Waals surface area (Å²) in [6, 6.07) is 2.21. The van der Waals surface area contributed by atoms with Crippen molar-refractivity contribution in [3.8, 4) is 16.3 Å². The maximum atomic E-state index is 14.7. The molecule has 0 amide bonds. The number of thiazole rings is 1. The fraction of sp³-hybridized carbons (Fsp3) is 0.235. The summed E-state index contributed by atoms with van der Waals surface area (Å²) in [6.07, 6.45) is 0. The van der Waals surface area contributed by atoms with Crippen LogP contribution in [0, 0.1) is 10.6 Å². The molecule has 1 aromatic carbocycles. The molecule has 0 aliphatic heterocycles. The molecule has 12 heteroatoms. The molecule has 3 aromatic rings. The van der Waals surface area contributed by atoms with Gasteiger partial charge in [0.2, 0.25) is 0 Å². The van der Waals surface area contributed by atoms with Gasteiger partial charge in [-0.15, -0.1) is 11.3 Å². The molecular formula is C17H14ClFN4O4S2. The van der Waals surface area contributed by atoms with Crippen LogP contribution in [-0.4, -0.2) is 31.3 Å². The quantitative estimate of drug-likeness (QED) is 0.443. The standard InChI is InChI=1S/C17H14ClFN4O4S2/c1-4-27-14(24)11-7-29-13(20-11)8-5-12(10(19)6-9(8)18)23-15(25)21(2)17(28)22(3)16(23)26/h5-7H,4H2,1-3H3. The Kier molecular flexibility index (Phi) is 5.82. The zero-order valence-corrected chi connectivity index (χ0v) is 17.8. The summed E-state index contributed by atoms with van der Waals surface area (Å²) < 4.78 is 22.3. The van der Waals surface area contributed by atoms with Crippen molar-refractivity contribution in [2.75, 3.05) is 6.61 Å². The number of halogens is 2. The van der Waals surface area contributed by atoms with Crippen molar-refractivity contribution in [1.29, 1.82) is 0 Å². The Morgan fingerprint density at radius 1 is 1.28 bits per heavy atom. The number of carbonyl (C=O) groups is 1. The lowest BCUT2D eigenvalue weighted by Crippen LogP contribution is -2.43. The van der Waals surface area contributed by atoms with Crippen molar-refractivity contribution >= 4 is 41.1 Å². The fourth-order valence-electron chi connectivity index (χ4n) is 2.55. The predicted octanol–water partition coefficient (Wildman–Crippen LogP) is 2.70. The van der Waals surface area contributed by atoms with Crippen LogP contribution in [0.5, 0.6) is 0 Å². The highest BCUT2D eigenvalue weighted by Crippen LogP contribution is 2.33. The second-order valence-electron chi connectivity index (χ2n) is 5.84. The molecule has 8 nitrogen and oxygen atoms in total. The molecule has 0 aliphatic carbocycles. The van der Waals surface area contributed by atoms with E-state index in [0.29, 0.717) is 9.57 Å². The monoisotopic (exact) mass is 456 g/mol. The normalized spacial score (nSPS) is 10.9. The summed E-state index contributed by atoms with van der Waals surface area (Å²) in [6.45, 7) is 1.86. The number of hydrogen-bond donors (Lipinski definition) is 0. The van der Waals surface area contributed by atoms with E-state index < -0.39 is 23.2 Å². The molecule has 152 valence electrons. The molecule has 2 heterocycles. The topological polar surface area (TPSA) is 88.1 Å². The van der Waals surface area contributed by atoms with E-state index in [-0.39, 0.29) is 33.3 Å². The molecule has 3 rings (SSSR count). The highest BCUT2D eigenvalue weighted by Gasteiger charge is 2.20. The Morgan fingerprint density at radius 3 is 2.48 bits per heavy atom. The van der Waals surface area contributed by atoms with E-state index in [2.05, 4.69) is 4.98 Å². The number of hydrogen-bond acceptors (Lipinski definition) is 7. The van der Waals surface area contributed by atoms with Gasteiger partial charge in [0.1, 0.15) is 10.8 Å². The van der Waals surface area contributed by atoms with Crippen molar-refractivity contribution in [2.45, 2.75) is 6.92 Å². The van der Waals surface area contributed by atoms with Gasteiger partial charge in [0.15, 0.2) is 10.5 Å². The molecule has 0 bridgehead atoms. The van der Waals surface area contributed by atoms with Gasteiger partial charge in [-0.1, -0.05) is 11.6 Å². The van der Waals surface area contributed by atoms with Crippen molar-refractivity contribution < 1.29 is 13.9 Å². The summed E-state index contributed by atoms with van der Waals surface area (Å²) in [5, 5.41) is 1.78. The number of ether oxygens (including phenoxy) is 1. The first kappa shape index (κ1) is 21.1. The summed E-state index contributed by atoms with van der Waals surface area (Å²) >= 11 is 12.3. The molecule has 0 unspecified atom stereocenters. The number of benzene rings is 1. The van der Waals surface area contributed by atoms with Gasteiger partial charge in [0, 0.05) is 25.0 Å². The molecule has 0 radical (unpaired) electrons. The van der Waals surface area contributed by atoms with Crippen LogP contribution in [0.3, 0.4) is 0 Å². The van der Waals surface area contributed by atoms with Gasteiger partial charge < -0.3 is 4.74 Å². The minimum absolute atomic E-state index is 0.00477. The molecule has 2 aromatic heterocycles. The lowest BCUT2D eigenvalue weighted by Gasteiger charge is -2.12. The number of rotatable bonds is 4. The van der Waals surface area contributed by atoms with Crippen LogP contribution < -0.4 is 11.4 Å². The van der Waals surface area contributed by atoms with Gasteiger partial charge in [-0.3, -0.25) is 9.13 Å². The molecule has 0 N–H and O–H groups in total. The zero-order valence-electron chi connectivity index (χ0n) is 15.4. The van der Waals surface area contributed by atoms with Crippen LogP contribution >= 0.6 is 35.2 Å². The van der Waals surface area contributed by atoms with E-state index >= 15 is 0 Å². The van der Waals surface area contributed by atoms with Gasteiger partial charge in [-0.25, -0.2) is 28.3 Å². The summed E-state index contributed by atoms with van der Waals surface area (Å²) in [7, 11) is 2.75. The van der Waals surface area contributed by atoms with Gasteiger partial charge in [0.05, 0.1) is 17.3 Å². The average Bonchev–Trinajstić information content (AvgIpc) is 3.16. The Morgan fingerprint density at radius 2 is 1.90 bits per heavy atom. The summed E-state index contributed by atoms with van der Waals surface area (Å²) in [5.74, 6) is -1.48. The Labute approximate surface area is 177 Å². The molecule has 0 aliphatic rings.